The van der Waals surface area contributed by atoms with Crippen molar-refractivity contribution in [1.29, 1.82) is 0 Å². The lowest BCUT2D eigenvalue weighted by molar-refractivity contribution is -0.180. The highest BCUT2D eigenvalue weighted by atomic mass is 16.7. The second kappa shape index (κ2) is 5.16. The van der Waals surface area contributed by atoms with Gasteiger partial charge in [-0.25, -0.2) is 4.79 Å². The first-order chi connectivity index (χ1) is 7.42. The summed E-state index contributed by atoms with van der Waals surface area (Å²) < 4.78 is 5.23. The monoisotopic (exact) mass is 230 g/mol. The fraction of sp³-hybridized carbons (Fsp3) is 0.800. The Hall–Kier alpha value is -1.30. The molecule has 6 heteroatoms. The third-order valence-electron chi connectivity index (χ3n) is 2.08. The number of amides is 1. The molecule has 1 aliphatic rings. The summed E-state index contributed by atoms with van der Waals surface area (Å²) in [7, 11) is 0. The van der Waals surface area contributed by atoms with Gasteiger partial charge in [-0.05, 0) is 20.8 Å². The fourth-order valence-corrected chi connectivity index (χ4v) is 1.36. The van der Waals surface area contributed by atoms with Gasteiger partial charge < -0.3 is 14.5 Å². The van der Waals surface area contributed by atoms with E-state index in [1.807, 2.05) is 20.8 Å². The molecule has 0 aromatic carbocycles. The van der Waals surface area contributed by atoms with Crippen molar-refractivity contribution in [2.75, 3.05) is 26.2 Å². The molecule has 92 valence electrons. The highest BCUT2D eigenvalue weighted by Crippen LogP contribution is 2.11. The average Bonchev–Trinajstić information content (AvgIpc) is 2.16. The molecule has 0 unspecified atom stereocenters. The molecule has 0 aromatic heterocycles. The molecule has 1 fully saturated rings. The lowest BCUT2D eigenvalue weighted by Crippen LogP contribution is -2.49. The standard InChI is InChI=1S/C10H18N2O4/c1-10(2,3)16-9(14)11-4-6-12(7-5-11)15-8-13/h8H,4-7H2,1-3H3. The van der Waals surface area contributed by atoms with Crippen LogP contribution in [0.15, 0.2) is 0 Å². The first-order valence-electron chi connectivity index (χ1n) is 5.25. The van der Waals surface area contributed by atoms with Crippen molar-refractivity contribution < 1.29 is 19.2 Å². The van der Waals surface area contributed by atoms with Gasteiger partial charge in [0.2, 0.25) is 0 Å². The predicted octanol–water partition coefficient (Wildman–Crippen LogP) is 0.627. The molecule has 16 heavy (non-hydrogen) atoms. The summed E-state index contributed by atoms with van der Waals surface area (Å²) >= 11 is 0. The summed E-state index contributed by atoms with van der Waals surface area (Å²) in [5, 5.41) is 1.52. The smallest absolute Gasteiger partial charge is 0.410 e. The summed E-state index contributed by atoms with van der Waals surface area (Å²) in [5.41, 5.74) is -0.479. The number of hydrogen-bond donors (Lipinski definition) is 0. The molecule has 0 spiro atoms. The van der Waals surface area contributed by atoms with E-state index in [2.05, 4.69) is 4.84 Å². The topological polar surface area (TPSA) is 59.1 Å². The van der Waals surface area contributed by atoms with Gasteiger partial charge in [0, 0.05) is 13.1 Å². The molecule has 6 nitrogen and oxygen atoms in total. The third kappa shape index (κ3) is 4.06. The van der Waals surface area contributed by atoms with Crippen molar-refractivity contribution in [3.8, 4) is 0 Å². The maximum absolute atomic E-state index is 11.7. The molecule has 0 N–H and O–H groups in total. The van der Waals surface area contributed by atoms with Gasteiger partial charge >= 0.3 is 12.6 Å². The molecule has 0 radical (unpaired) electrons. The number of carbonyl (C=O) groups excluding carboxylic acids is 2. The summed E-state index contributed by atoms with van der Waals surface area (Å²) in [6.45, 7) is 7.91. The van der Waals surface area contributed by atoms with Gasteiger partial charge in [0.1, 0.15) is 5.60 Å². The number of hydroxylamine groups is 2. The number of nitrogens with zero attached hydrogens (tertiary/aromatic N) is 2. The zero-order valence-corrected chi connectivity index (χ0v) is 9.93. The minimum atomic E-state index is -0.479. The summed E-state index contributed by atoms with van der Waals surface area (Å²) in [6, 6.07) is 0. The number of carbonyl (C=O) groups is 2. The van der Waals surface area contributed by atoms with E-state index in [1.165, 1.54) is 5.06 Å². The van der Waals surface area contributed by atoms with Gasteiger partial charge in [-0.1, -0.05) is 0 Å². The molecule has 0 atom stereocenters. The van der Waals surface area contributed by atoms with Gasteiger partial charge in [0.05, 0.1) is 13.1 Å². The summed E-state index contributed by atoms with van der Waals surface area (Å²) in [5.74, 6) is 0. The first kappa shape index (κ1) is 12.8. The van der Waals surface area contributed by atoms with Crippen molar-refractivity contribution in [3.63, 3.8) is 0 Å². The van der Waals surface area contributed by atoms with Crippen molar-refractivity contribution in [1.82, 2.24) is 9.96 Å². The van der Waals surface area contributed by atoms with Crippen LogP contribution in [0.4, 0.5) is 4.79 Å². The fourth-order valence-electron chi connectivity index (χ4n) is 1.36. The number of piperazine rings is 1. The number of hydrogen-bond acceptors (Lipinski definition) is 5. The van der Waals surface area contributed by atoms with Gasteiger partial charge in [0.25, 0.3) is 0 Å². The van der Waals surface area contributed by atoms with Crippen LogP contribution in [-0.4, -0.2) is 54.3 Å². The van der Waals surface area contributed by atoms with Crippen molar-refractivity contribution >= 4 is 12.6 Å². The maximum Gasteiger partial charge on any atom is 0.410 e. The molecule has 0 bridgehead atoms. The minimum absolute atomic E-state index is 0.321. The van der Waals surface area contributed by atoms with Crippen LogP contribution in [0, 0.1) is 0 Å². The summed E-state index contributed by atoms with van der Waals surface area (Å²) in [4.78, 5) is 28.1. The lowest BCUT2D eigenvalue weighted by Gasteiger charge is -2.33. The molecule has 1 rings (SSSR count). The SMILES string of the molecule is CC(C)(C)OC(=O)N1CCN(OC=O)CC1. The van der Waals surface area contributed by atoms with Gasteiger partial charge in [-0.3, -0.25) is 4.79 Å². The molecule has 1 heterocycles. The molecule has 1 saturated heterocycles. The van der Waals surface area contributed by atoms with Gasteiger partial charge in [-0.15, -0.1) is 5.06 Å². The molecule has 1 amide bonds. The van der Waals surface area contributed by atoms with Crippen LogP contribution in [0.3, 0.4) is 0 Å². The normalized spacial score (nSPS) is 18.1. The Bertz CT molecular complexity index is 254. The second-order valence-electron chi connectivity index (χ2n) is 4.60. The first-order valence-corrected chi connectivity index (χ1v) is 5.25. The molecule has 1 aliphatic heterocycles. The quantitative estimate of drug-likeness (QED) is 0.651. The second-order valence-corrected chi connectivity index (χ2v) is 4.60. The maximum atomic E-state index is 11.7. The van der Waals surface area contributed by atoms with Crippen molar-refractivity contribution in [2.24, 2.45) is 0 Å². The highest BCUT2D eigenvalue weighted by molar-refractivity contribution is 5.68. The summed E-state index contributed by atoms with van der Waals surface area (Å²) in [6.07, 6.45) is -0.321. The predicted molar refractivity (Wildman–Crippen MR) is 56.5 cm³/mol. The highest BCUT2D eigenvalue weighted by Gasteiger charge is 2.26. The van der Waals surface area contributed by atoms with Crippen molar-refractivity contribution in [3.05, 3.63) is 0 Å². The zero-order valence-electron chi connectivity index (χ0n) is 9.93. The Morgan fingerprint density at radius 2 is 1.75 bits per heavy atom. The van der Waals surface area contributed by atoms with Crippen LogP contribution in [-0.2, 0) is 14.4 Å². The molecular weight excluding hydrogens is 212 g/mol. The largest absolute Gasteiger partial charge is 0.444 e. The lowest BCUT2D eigenvalue weighted by atomic mass is 10.2. The number of ether oxygens (including phenoxy) is 1. The average molecular weight is 230 g/mol. The Labute approximate surface area is 95.0 Å². The Balaban J connectivity index is 2.36. The van der Waals surface area contributed by atoms with Gasteiger partial charge in [0.15, 0.2) is 0 Å². The van der Waals surface area contributed by atoms with Crippen LogP contribution in [0.25, 0.3) is 0 Å². The Morgan fingerprint density at radius 1 is 1.19 bits per heavy atom. The van der Waals surface area contributed by atoms with Crippen LogP contribution >= 0.6 is 0 Å². The molecular formula is C10H18N2O4. The van der Waals surface area contributed by atoms with E-state index in [4.69, 9.17) is 4.74 Å². The van der Waals surface area contributed by atoms with Crippen LogP contribution in [0.1, 0.15) is 20.8 Å². The third-order valence-corrected chi connectivity index (χ3v) is 2.08. The van der Waals surface area contributed by atoms with E-state index in [1.54, 1.807) is 4.90 Å². The molecule has 0 aromatic rings. The van der Waals surface area contributed by atoms with E-state index in [9.17, 15) is 9.59 Å². The van der Waals surface area contributed by atoms with E-state index < -0.39 is 5.60 Å². The van der Waals surface area contributed by atoms with Crippen molar-refractivity contribution in [2.45, 2.75) is 26.4 Å². The molecule has 0 aliphatic carbocycles. The molecule has 0 saturated carbocycles. The van der Waals surface area contributed by atoms with E-state index in [0.717, 1.165) is 0 Å². The van der Waals surface area contributed by atoms with Crippen LogP contribution in [0.5, 0.6) is 0 Å². The van der Waals surface area contributed by atoms with E-state index in [-0.39, 0.29) is 6.09 Å². The van der Waals surface area contributed by atoms with Crippen LogP contribution < -0.4 is 0 Å². The Morgan fingerprint density at radius 3 is 2.19 bits per heavy atom. The zero-order chi connectivity index (χ0) is 12.2. The number of rotatable bonds is 2. The van der Waals surface area contributed by atoms with Gasteiger partial charge in [-0.2, -0.15) is 0 Å². The van der Waals surface area contributed by atoms with E-state index >= 15 is 0 Å². The van der Waals surface area contributed by atoms with Crippen LogP contribution in [0.2, 0.25) is 0 Å². The Kier molecular flexibility index (Phi) is 4.12. The minimum Gasteiger partial charge on any atom is -0.444 e. The van der Waals surface area contributed by atoms with E-state index in [0.29, 0.717) is 32.7 Å².